The summed E-state index contributed by atoms with van der Waals surface area (Å²) in [4.78, 5) is 24.6. The number of allylic oxidation sites excluding steroid dienone is 2. The summed E-state index contributed by atoms with van der Waals surface area (Å²) in [5, 5.41) is 23.5. The Morgan fingerprint density at radius 2 is 0.566 bits per heavy atom. The monoisotopic (exact) mass is 1170 g/mol. The van der Waals surface area contributed by atoms with E-state index in [9.17, 15) is 19.8 Å². The Morgan fingerprint density at radius 1 is 0.325 bits per heavy atom. The smallest absolute Gasteiger partial charge is 0.305 e. The van der Waals surface area contributed by atoms with Gasteiger partial charge in [-0.1, -0.05) is 392 Å². The molecule has 1 amide bonds. The zero-order chi connectivity index (χ0) is 59.9. The number of aliphatic hydroxyl groups is 2. The Labute approximate surface area is 520 Å². The molecule has 0 bridgehead atoms. The van der Waals surface area contributed by atoms with Crippen molar-refractivity contribution in [1.29, 1.82) is 0 Å². The molecule has 6 heteroatoms. The van der Waals surface area contributed by atoms with Gasteiger partial charge in [-0.15, -0.1) is 0 Å². The van der Waals surface area contributed by atoms with E-state index >= 15 is 0 Å². The van der Waals surface area contributed by atoms with Crippen molar-refractivity contribution in [3.05, 3.63) is 12.2 Å². The molecule has 0 aromatic rings. The van der Waals surface area contributed by atoms with Crippen molar-refractivity contribution in [2.75, 3.05) is 13.2 Å². The minimum absolute atomic E-state index is 0.0194. The predicted octanol–water partition coefficient (Wildman–Crippen LogP) is 25.1. The first kappa shape index (κ1) is 81.6. The molecule has 0 fully saturated rings. The van der Waals surface area contributed by atoms with E-state index in [0.717, 1.165) is 38.5 Å². The molecule has 3 N–H and O–H groups in total. The highest BCUT2D eigenvalue weighted by Gasteiger charge is 2.20. The zero-order valence-electron chi connectivity index (χ0n) is 56.7. The summed E-state index contributed by atoms with van der Waals surface area (Å²) < 4.78 is 5.50. The number of unbranched alkanes of at least 4 members (excludes halogenated alkanes) is 60. The van der Waals surface area contributed by atoms with Crippen LogP contribution in [0.3, 0.4) is 0 Å². The van der Waals surface area contributed by atoms with Crippen LogP contribution >= 0.6 is 0 Å². The molecule has 0 saturated carbocycles. The van der Waals surface area contributed by atoms with Crippen LogP contribution in [0.25, 0.3) is 0 Å². The van der Waals surface area contributed by atoms with Crippen molar-refractivity contribution in [1.82, 2.24) is 5.32 Å². The highest BCUT2D eigenvalue weighted by molar-refractivity contribution is 5.76. The molecule has 83 heavy (non-hydrogen) atoms. The van der Waals surface area contributed by atoms with Crippen LogP contribution in [-0.4, -0.2) is 47.4 Å². The van der Waals surface area contributed by atoms with E-state index in [4.69, 9.17) is 4.74 Å². The van der Waals surface area contributed by atoms with Gasteiger partial charge in [0.2, 0.25) is 5.91 Å². The predicted molar refractivity (Wildman–Crippen MR) is 366 cm³/mol. The number of hydrogen-bond acceptors (Lipinski definition) is 5. The Bertz CT molecular complexity index is 1260. The van der Waals surface area contributed by atoms with Gasteiger partial charge >= 0.3 is 5.97 Å². The number of rotatable bonds is 73. The number of carbonyl (C=O) groups excluding carboxylic acids is 2. The molecule has 0 radical (unpaired) electrons. The molecule has 0 aromatic heterocycles. The number of esters is 1. The lowest BCUT2D eigenvalue weighted by atomic mass is 10.0. The number of amides is 1. The summed E-state index contributed by atoms with van der Waals surface area (Å²) in [5.41, 5.74) is 0. The highest BCUT2D eigenvalue weighted by Crippen LogP contribution is 2.20. The summed E-state index contributed by atoms with van der Waals surface area (Å²) in [6.07, 6.45) is 91.4. The Morgan fingerprint density at radius 3 is 0.855 bits per heavy atom. The highest BCUT2D eigenvalue weighted by atomic mass is 16.5. The van der Waals surface area contributed by atoms with Crippen molar-refractivity contribution in [3.63, 3.8) is 0 Å². The van der Waals surface area contributed by atoms with Crippen LogP contribution in [0.15, 0.2) is 12.2 Å². The molecule has 494 valence electrons. The summed E-state index contributed by atoms with van der Waals surface area (Å²) in [6.45, 7) is 5.01. The lowest BCUT2D eigenvalue weighted by Crippen LogP contribution is -2.45. The first-order chi connectivity index (χ1) is 41.0. The maximum Gasteiger partial charge on any atom is 0.305 e. The third kappa shape index (κ3) is 69.6. The van der Waals surface area contributed by atoms with Crippen molar-refractivity contribution < 1.29 is 24.5 Å². The Hall–Kier alpha value is -1.40. The second kappa shape index (κ2) is 73.1. The average molecular weight is 1170 g/mol. The summed E-state index contributed by atoms with van der Waals surface area (Å²) in [6, 6.07) is -0.542. The topological polar surface area (TPSA) is 95.9 Å². The van der Waals surface area contributed by atoms with Crippen LogP contribution in [0.4, 0.5) is 0 Å². The van der Waals surface area contributed by atoms with Gasteiger partial charge in [-0.05, 0) is 51.4 Å². The number of hydrogen-bond donors (Lipinski definition) is 3. The molecular weight excluding hydrogens is 1020 g/mol. The molecule has 0 aromatic carbocycles. The fourth-order valence-corrected chi connectivity index (χ4v) is 12.5. The zero-order valence-corrected chi connectivity index (χ0v) is 56.7. The molecule has 0 aliphatic heterocycles. The van der Waals surface area contributed by atoms with Crippen LogP contribution < -0.4 is 5.32 Å². The molecule has 0 saturated heterocycles. The minimum Gasteiger partial charge on any atom is -0.466 e. The molecule has 0 aliphatic carbocycles. The van der Waals surface area contributed by atoms with E-state index in [0.29, 0.717) is 25.9 Å². The largest absolute Gasteiger partial charge is 0.466 e. The average Bonchev–Trinajstić information content (AvgIpc) is 3.48. The molecular formula is C77H151NO5. The summed E-state index contributed by atoms with van der Waals surface area (Å²) >= 11 is 0. The Kier molecular flexibility index (Phi) is 71.8. The lowest BCUT2D eigenvalue weighted by Gasteiger charge is -2.22. The Balaban J connectivity index is 3.37. The SMILES string of the molecule is CCCCCCCCCCCCCCCCCCCCCCCCCCC(O)C(CO)NC(=O)CCCCCCCCCCCCCC/C=C\CCCCCCCCCCCCCCOC(=O)CCCCCCCCCCCCCCCC. The van der Waals surface area contributed by atoms with Crippen LogP contribution in [0.1, 0.15) is 444 Å². The standard InChI is InChI=1S/C77H151NO5/c1-3-5-7-9-11-13-15-17-19-20-21-22-23-30-33-36-39-42-45-49-53-57-61-65-69-75(80)74(73-79)78-76(81)70-66-62-58-54-50-46-43-40-37-34-31-28-26-24-25-27-29-32-35-38-41-44-48-52-56-60-64-68-72-83-77(82)71-67-63-59-55-51-47-18-16-14-12-10-8-6-4-2/h24-25,74-75,79-80H,3-23,26-73H2,1-2H3,(H,78,81)/b25-24-. The van der Waals surface area contributed by atoms with Crippen LogP contribution in [0.5, 0.6) is 0 Å². The lowest BCUT2D eigenvalue weighted by molar-refractivity contribution is -0.143. The van der Waals surface area contributed by atoms with Gasteiger partial charge in [0, 0.05) is 12.8 Å². The van der Waals surface area contributed by atoms with E-state index < -0.39 is 12.1 Å². The normalized spacial score (nSPS) is 12.5. The van der Waals surface area contributed by atoms with Crippen LogP contribution in [-0.2, 0) is 14.3 Å². The van der Waals surface area contributed by atoms with Crippen molar-refractivity contribution in [2.45, 2.75) is 456 Å². The molecule has 0 spiro atoms. The second-order valence-corrected chi connectivity index (χ2v) is 26.7. The third-order valence-corrected chi connectivity index (χ3v) is 18.3. The van der Waals surface area contributed by atoms with Crippen molar-refractivity contribution in [2.24, 2.45) is 0 Å². The number of nitrogens with one attached hydrogen (secondary N) is 1. The minimum atomic E-state index is -0.665. The maximum absolute atomic E-state index is 12.6. The van der Waals surface area contributed by atoms with Crippen molar-refractivity contribution in [3.8, 4) is 0 Å². The van der Waals surface area contributed by atoms with E-state index in [1.807, 2.05) is 0 Å². The van der Waals surface area contributed by atoms with Crippen LogP contribution in [0, 0.1) is 0 Å². The van der Waals surface area contributed by atoms with Gasteiger partial charge < -0.3 is 20.3 Å². The molecule has 0 rings (SSSR count). The van der Waals surface area contributed by atoms with Gasteiger partial charge in [-0.2, -0.15) is 0 Å². The van der Waals surface area contributed by atoms with E-state index in [1.165, 1.54) is 372 Å². The number of ether oxygens (including phenoxy) is 1. The fraction of sp³-hybridized carbons (Fsp3) is 0.948. The molecule has 0 heterocycles. The van der Waals surface area contributed by atoms with E-state index in [-0.39, 0.29) is 18.5 Å². The fourth-order valence-electron chi connectivity index (χ4n) is 12.5. The van der Waals surface area contributed by atoms with Crippen LogP contribution in [0.2, 0.25) is 0 Å². The first-order valence-electron chi connectivity index (χ1n) is 38.4. The van der Waals surface area contributed by atoms with Crippen molar-refractivity contribution >= 4 is 11.9 Å². The molecule has 2 atom stereocenters. The third-order valence-electron chi connectivity index (χ3n) is 18.3. The molecule has 0 aliphatic rings. The number of carbonyl (C=O) groups is 2. The van der Waals surface area contributed by atoms with Gasteiger partial charge in [0.25, 0.3) is 0 Å². The quantitative estimate of drug-likeness (QED) is 0.0320. The first-order valence-corrected chi connectivity index (χ1v) is 38.4. The maximum atomic E-state index is 12.6. The summed E-state index contributed by atoms with van der Waals surface area (Å²) in [7, 11) is 0. The van der Waals surface area contributed by atoms with Gasteiger partial charge in [0.05, 0.1) is 25.4 Å². The second-order valence-electron chi connectivity index (χ2n) is 26.7. The molecule has 2 unspecified atom stereocenters. The van der Waals surface area contributed by atoms with E-state index in [2.05, 4.69) is 31.3 Å². The number of aliphatic hydroxyl groups excluding tert-OH is 2. The van der Waals surface area contributed by atoms with Gasteiger partial charge in [-0.3, -0.25) is 9.59 Å². The van der Waals surface area contributed by atoms with Gasteiger partial charge in [-0.25, -0.2) is 0 Å². The van der Waals surface area contributed by atoms with Gasteiger partial charge in [0.15, 0.2) is 0 Å². The molecule has 6 nitrogen and oxygen atoms in total. The van der Waals surface area contributed by atoms with E-state index in [1.54, 1.807) is 0 Å². The summed E-state index contributed by atoms with van der Waals surface area (Å²) in [5.74, 6) is -0.00958. The van der Waals surface area contributed by atoms with Gasteiger partial charge in [0.1, 0.15) is 0 Å².